The van der Waals surface area contributed by atoms with Crippen molar-refractivity contribution in [2.45, 2.75) is 25.4 Å². The fourth-order valence-corrected chi connectivity index (χ4v) is 3.66. The van der Waals surface area contributed by atoms with E-state index in [0.29, 0.717) is 19.2 Å². The van der Waals surface area contributed by atoms with Crippen LogP contribution in [0.25, 0.3) is 0 Å². The van der Waals surface area contributed by atoms with Crippen LogP contribution in [-0.4, -0.2) is 74.5 Å². The van der Waals surface area contributed by atoms with Crippen LogP contribution in [0.2, 0.25) is 0 Å². The Bertz CT molecular complexity index is 528. The summed E-state index contributed by atoms with van der Waals surface area (Å²) in [7, 11) is 4.09. The van der Waals surface area contributed by atoms with Gasteiger partial charge in [0, 0.05) is 31.7 Å². The molecule has 1 aromatic rings. The molecule has 0 saturated carbocycles. The van der Waals surface area contributed by atoms with E-state index in [1.165, 1.54) is 12.4 Å². The Hall–Kier alpha value is -1.31. The Labute approximate surface area is 143 Å². The maximum atomic E-state index is 13.1. The smallest absolute Gasteiger partial charge is 0.225 e. The number of ether oxygens (including phenoxy) is 2. The van der Waals surface area contributed by atoms with Crippen LogP contribution in [0.4, 0.5) is 10.3 Å². The third-order valence-electron chi connectivity index (χ3n) is 4.95. The molecule has 24 heavy (non-hydrogen) atoms. The van der Waals surface area contributed by atoms with Crippen molar-refractivity contribution in [3.63, 3.8) is 0 Å². The van der Waals surface area contributed by atoms with Crippen LogP contribution in [0.3, 0.4) is 0 Å². The number of anilines is 1. The third kappa shape index (κ3) is 4.02. The Balaban J connectivity index is 1.68. The van der Waals surface area contributed by atoms with Crippen LogP contribution in [-0.2, 0) is 9.47 Å². The molecule has 0 aliphatic carbocycles. The van der Waals surface area contributed by atoms with E-state index < -0.39 is 5.82 Å². The van der Waals surface area contributed by atoms with Gasteiger partial charge < -0.3 is 19.3 Å². The second-order valence-corrected chi connectivity index (χ2v) is 7.09. The minimum absolute atomic E-state index is 0.0272. The summed E-state index contributed by atoms with van der Waals surface area (Å²) in [4.78, 5) is 12.5. The molecular weight excluding hydrogens is 311 g/mol. The number of hydrogen-bond donors (Lipinski definition) is 0. The monoisotopic (exact) mass is 338 g/mol. The van der Waals surface area contributed by atoms with Crippen LogP contribution < -0.4 is 4.90 Å². The van der Waals surface area contributed by atoms with Crippen molar-refractivity contribution in [3.8, 4) is 0 Å². The van der Waals surface area contributed by atoms with Crippen molar-refractivity contribution in [1.82, 2.24) is 14.9 Å². The van der Waals surface area contributed by atoms with Crippen LogP contribution in [0.1, 0.15) is 19.3 Å². The van der Waals surface area contributed by atoms with Crippen LogP contribution in [0.5, 0.6) is 0 Å². The predicted molar refractivity (Wildman–Crippen MR) is 89.6 cm³/mol. The highest BCUT2D eigenvalue weighted by Gasteiger charge is 2.46. The lowest BCUT2D eigenvalue weighted by atomic mass is 9.73. The van der Waals surface area contributed by atoms with Gasteiger partial charge in [0.1, 0.15) is 0 Å². The second kappa shape index (κ2) is 7.72. The molecule has 6 nitrogen and oxygen atoms in total. The van der Waals surface area contributed by atoms with Crippen molar-refractivity contribution in [2.24, 2.45) is 5.41 Å². The molecule has 2 fully saturated rings. The van der Waals surface area contributed by atoms with Gasteiger partial charge in [-0.2, -0.15) is 0 Å². The fourth-order valence-electron chi connectivity index (χ4n) is 3.66. The minimum Gasteiger partial charge on any atom is -0.379 e. The van der Waals surface area contributed by atoms with E-state index in [-0.39, 0.29) is 11.5 Å². The highest BCUT2D eigenvalue weighted by atomic mass is 19.1. The van der Waals surface area contributed by atoms with Gasteiger partial charge in [-0.1, -0.05) is 0 Å². The number of aromatic nitrogens is 2. The molecule has 3 heterocycles. The van der Waals surface area contributed by atoms with Crippen molar-refractivity contribution < 1.29 is 13.9 Å². The van der Waals surface area contributed by atoms with Gasteiger partial charge in [0.2, 0.25) is 5.95 Å². The summed E-state index contributed by atoms with van der Waals surface area (Å²) < 4.78 is 25.1. The van der Waals surface area contributed by atoms with Gasteiger partial charge >= 0.3 is 0 Å². The molecule has 0 radical (unpaired) electrons. The minimum atomic E-state index is -0.406. The fraction of sp³-hybridized carbons (Fsp3) is 0.765. The molecule has 0 bridgehead atoms. The zero-order chi connectivity index (χ0) is 17.0. The van der Waals surface area contributed by atoms with E-state index in [2.05, 4.69) is 19.8 Å². The molecule has 2 aliphatic rings. The normalized spacial score (nSPS) is 27.3. The van der Waals surface area contributed by atoms with Gasteiger partial charge in [0.05, 0.1) is 31.7 Å². The SMILES string of the molecule is CN(C)CCOC[C@]12CCCO[C@H]1CCN(c1ncc(F)cn1)C2. The summed E-state index contributed by atoms with van der Waals surface area (Å²) >= 11 is 0. The van der Waals surface area contributed by atoms with Crippen molar-refractivity contribution in [2.75, 3.05) is 58.5 Å². The maximum absolute atomic E-state index is 13.1. The number of rotatable bonds is 6. The molecule has 2 atom stereocenters. The van der Waals surface area contributed by atoms with Crippen molar-refractivity contribution in [1.29, 1.82) is 0 Å². The third-order valence-corrected chi connectivity index (χ3v) is 4.95. The summed E-state index contributed by atoms with van der Waals surface area (Å²) in [5, 5.41) is 0. The average Bonchev–Trinajstić information content (AvgIpc) is 2.59. The van der Waals surface area contributed by atoms with E-state index in [1.54, 1.807) is 0 Å². The Morgan fingerprint density at radius 1 is 1.42 bits per heavy atom. The van der Waals surface area contributed by atoms with E-state index in [1.807, 2.05) is 14.1 Å². The first-order valence-corrected chi connectivity index (χ1v) is 8.66. The summed E-state index contributed by atoms with van der Waals surface area (Å²) in [6.45, 7) is 4.77. The molecule has 134 valence electrons. The quantitative estimate of drug-likeness (QED) is 0.734. The average molecular weight is 338 g/mol. The largest absolute Gasteiger partial charge is 0.379 e. The predicted octanol–water partition coefficient (Wildman–Crippen LogP) is 1.57. The van der Waals surface area contributed by atoms with Crippen LogP contribution in [0.15, 0.2) is 12.4 Å². The second-order valence-electron chi connectivity index (χ2n) is 7.09. The van der Waals surface area contributed by atoms with E-state index in [4.69, 9.17) is 9.47 Å². The standard InChI is InChI=1S/C17H27FN4O2/c1-21(2)7-9-23-13-17-5-3-8-24-15(17)4-6-22(12-17)16-19-10-14(18)11-20-16/h10-11,15H,3-9,12-13H2,1-2H3/t15-,17+/m0/s1. The first-order valence-electron chi connectivity index (χ1n) is 8.66. The van der Waals surface area contributed by atoms with Crippen molar-refractivity contribution >= 4 is 5.95 Å². The Morgan fingerprint density at radius 3 is 2.96 bits per heavy atom. The highest BCUT2D eigenvalue weighted by molar-refractivity contribution is 5.31. The topological polar surface area (TPSA) is 50.7 Å². The molecule has 2 saturated heterocycles. The Kier molecular flexibility index (Phi) is 5.63. The number of likely N-dealkylation sites (N-methyl/N-ethyl adjacent to an activating group) is 1. The molecule has 0 unspecified atom stereocenters. The molecule has 0 amide bonds. The van der Waals surface area contributed by atoms with E-state index in [0.717, 1.165) is 45.5 Å². The van der Waals surface area contributed by atoms with Gasteiger partial charge in [0.25, 0.3) is 0 Å². The molecule has 0 N–H and O–H groups in total. The number of hydrogen-bond acceptors (Lipinski definition) is 6. The maximum Gasteiger partial charge on any atom is 0.225 e. The number of fused-ring (bicyclic) bond motifs is 1. The van der Waals surface area contributed by atoms with Gasteiger partial charge in [-0.05, 0) is 33.4 Å². The molecule has 1 aromatic heterocycles. The zero-order valence-electron chi connectivity index (χ0n) is 14.6. The summed E-state index contributed by atoms with van der Waals surface area (Å²) in [5.41, 5.74) is -0.0272. The Morgan fingerprint density at radius 2 is 2.21 bits per heavy atom. The number of piperidine rings is 1. The first kappa shape index (κ1) is 17.5. The summed E-state index contributed by atoms with van der Waals surface area (Å²) in [5.74, 6) is 0.185. The van der Waals surface area contributed by atoms with Gasteiger partial charge in [-0.25, -0.2) is 14.4 Å². The lowest BCUT2D eigenvalue weighted by Gasteiger charge is -2.50. The number of nitrogens with zero attached hydrogens (tertiary/aromatic N) is 4. The van der Waals surface area contributed by atoms with Gasteiger partial charge in [0.15, 0.2) is 5.82 Å². The summed E-state index contributed by atoms with van der Waals surface area (Å²) in [6.07, 6.45) is 5.74. The molecule has 7 heteroatoms. The van der Waals surface area contributed by atoms with Crippen LogP contribution >= 0.6 is 0 Å². The van der Waals surface area contributed by atoms with Gasteiger partial charge in [-0.15, -0.1) is 0 Å². The lowest BCUT2D eigenvalue weighted by Crippen LogP contribution is -2.57. The summed E-state index contributed by atoms with van der Waals surface area (Å²) in [6, 6.07) is 0. The zero-order valence-corrected chi connectivity index (χ0v) is 14.6. The van der Waals surface area contributed by atoms with E-state index in [9.17, 15) is 4.39 Å². The lowest BCUT2D eigenvalue weighted by molar-refractivity contribution is -0.125. The molecular formula is C17H27FN4O2. The molecule has 2 aliphatic heterocycles. The first-order chi connectivity index (χ1) is 11.6. The van der Waals surface area contributed by atoms with E-state index >= 15 is 0 Å². The van der Waals surface area contributed by atoms with Crippen molar-refractivity contribution in [3.05, 3.63) is 18.2 Å². The number of halogens is 1. The van der Waals surface area contributed by atoms with Crippen LogP contribution in [0, 0.1) is 11.2 Å². The highest BCUT2D eigenvalue weighted by Crippen LogP contribution is 2.41. The molecule has 0 aromatic carbocycles. The van der Waals surface area contributed by atoms with Gasteiger partial charge in [-0.3, -0.25) is 0 Å². The molecule has 0 spiro atoms. The molecule has 3 rings (SSSR count).